The Balaban J connectivity index is 2.35. The quantitative estimate of drug-likeness (QED) is 0.779. The lowest BCUT2D eigenvalue weighted by Gasteiger charge is -2.32. The van der Waals surface area contributed by atoms with Crippen LogP contribution in [0.25, 0.3) is 0 Å². The number of rotatable bonds is 4. The molecule has 1 aliphatic heterocycles. The number of benzene rings is 1. The summed E-state index contributed by atoms with van der Waals surface area (Å²) in [6.07, 6.45) is -5.77. The normalized spacial score (nSPS) is 17.3. The Bertz CT molecular complexity index is 575. The number of Topliss-reactive ketones (excluding diaryl/α,β-unsaturated/α-hetero) is 1. The predicted octanol–water partition coefficient (Wildman–Crippen LogP) is 4.06. The van der Waals surface area contributed by atoms with Crippen LogP contribution in [-0.2, 0) is 19.7 Å². The van der Waals surface area contributed by atoms with E-state index in [1.54, 1.807) is 0 Å². The predicted molar refractivity (Wildman–Crippen MR) is 74.4 cm³/mol. The second-order valence-corrected chi connectivity index (χ2v) is 6.14. The SMILES string of the molecule is CC(C)(CC(=O)C(F)(F)F)c1ccc(F)cc1C1OCCCO1. The molecule has 23 heavy (non-hydrogen) atoms. The van der Waals surface area contributed by atoms with Gasteiger partial charge in [0.1, 0.15) is 5.82 Å². The van der Waals surface area contributed by atoms with Gasteiger partial charge in [-0.3, -0.25) is 4.79 Å². The Kier molecular flexibility index (Phi) is 5.10. The van der Waals surface area contributed by atoms with E-state index in [0.29, 0.717) is 30.8 Å². The summed E-state index contributed by atoms with van der Waals surface area (Å²) >= 11 is 0. The molecular formula is C16H18F4O3. The van der Waals surface area contributed by atoms with Gasteiger partial charge in [0.2, 0.25) is 5.78 Å². The van der Waals surface area contributed by atoms with Crippen molar-refractivity contribution in [2.45, 2.75) is 44.6 Å². The molecule has 0 atom stereocenters. The van der Waals surface area contributed by atoms with Crippen molar-refractivity contribution in [2.75, 3.05) is 13.2 Å². The monoisotopic (exact) mass is 334 g/mol. The van der Waals surface area contributed by atoms with Crippen LogP contribution >= 0.6 is 0 Å². The van der Waals surface area contributed by atoms with E-state index in [0.717, 1.165) is 6.07 Å². The molecule has 0 unspecified atom stereocenters. The number of hydrogen-bond donors (Lipinski definition) is 0. The summed E-state index contributed by atoms with van der Waals surface area (Å²) in [5.74, 6) is -2.36. The lowest BCUT2D eigenvalue weighted by molar-refractivity contribution is -0.184. The summed E-state index contributed by atoms with van der Waals surface area (Å²) in [6, 6.07) is 3.72. The maximum atomic E-state index is 13.6. The minimum atomic E-state index is -4.89. The van der Waals surface area contributed by atoms with Crippen LogP contribution < -0.4 is 0 Å². The van der Waals surface area contributed by atoms with E-state index in [-0.39, 0.29) is 0 Å². The van der Waals surface area contributed by atoms with Crippen LogP contribution in [0.5, 0.6) is 0 Å². The summed E-state index contributed by atoms with van der Waals surface area (Å²) in [5.41, 5.74) is -0.409. The molecule has 1 fully saturated rings. The molecule has 1 heterocycles. The first kappa shape index (κ1) is 17.9. The summed E-state index contributed by atoms with van der Waals surface area (Å²) in [4.78, 5) is 11.3. The molecule has 0 saturated carbocycles. The van der Waals surface area contributed by atoms with Crippen molar-refractivity contribution in [1.82, 2.24) is 0 Å². The van der Waals surface area contributed by atoms with Gasteiger partial charge in [-0.2, -0.15) is 13.2 Å². The minimum Gasteiger partial charge on any atom is -0.348 e. The van der Waals surface area contributed by atoms with E-state index in [1.165, 1.54) is 26.0 Å². The number of ketones is 1. The number of carbonyl (C=O) groups is 1. The van der Waals surface area contributed by atoms with Crippen LogP contribution in [0.15, 0.2) is 18.2 Å². The topological polar surface area (TPSA) is 35.5 Å². The molecule has 0 aromatic heterocycles. The van der Waals surface area contributed by atoms with Gasteiger partial charge in [0.15, 0.2) is 6.29 Å². The van der Waals surface area contributed by atoms with Crippen molar-refractivity contribution in [3.63, 3.8) is 0 Å². The number of alkyl halides is 3. The van der Waals surface area contributed by atoms with Gasteiger partial charge >= 0.3 is 6.18 Å². The molecule has 1 saturated heterocycles. The fourth-order valence-electron chi connectivity index (χ4n) is 2.61. The van der Waals surface area contributed by atoms with E-state index in [2.05, 4.69) is 0 Å². The third-order valence-corrected chi connectivity index (χ3v) is 3.74. The summed E-state index contributed by atoms with van der Waals surface area (Å²) in [6.45, 7) is 3.86. The second kappa shape index (κ2) is 6.57. The van der Waals surface area contributed by atoms with E-state index in [9.17, 15) is 22.4 Å². The van der Waals surface area contributed by atoms with Crippen molar-refractivity contribution < 1.29 is 31.8 Å². The fourth-order valence-corrected chi connectivity index (χ4v) is 2.61. The van der Waals surface area contributed by atoms with Crippen molar-refractivity contribution in [3.05, 3.63) is 35.1 Å². The molecule has 0 bridgehead atoms. The molecule has 0 aliphatic carbocycles. The van der Waals surface area contributed by atoms with Crippen LogP contribution in [-0.4, -0.2) is 25.2 Å². The molecule has 0 radical (unpaired) electrons. The zero-order chi connectivity index (χ0) is 17.3. The van der Waals surface area contributed by atoms with Gasteiger partial charge in [-0.1, -0.05) is 19.9 Å². The number of carbonyl (C=O) groups excluding carboxylic acids is 1. The van der Waals surface area contributed by atoms with Gasteiger partial charge in [-0.15, -0.1) is 0 Å². The Hall–Kier alpha value is -1.47. The summed E-state index contributed by atoms with van der Waals surface area (Å²) in [5, 5.41) is 0. The van der Waals surface area contributed by atoms with Crippen LogP contribution in [0.3, 0.4) is 0 Å². The maximum Gasteiger partial charge on any atom is 0.450 e. The average molecular weight is 334 g/mol. The van der Waals surface area contributed by atoms with Crippen LogP contribution in [0.1, 0.15) is 44.1 Å². The van der Waals surface area contributed by atoms with E-state index < -0.39 is 35.9 Å². The lowest BCUT2D eigenvalue weighted by atomic mass is 9.77. The maximum absolute atomic E-state index is 13.6. The molecule has 1 aliphatic rings. The van der Waals surface area contributed by atoms with Crippen molar-refractivity contribution in [2.24, 2.45) is 0 Å². The minimum absolute atomic E-state index is 0.324. The smallest absolute Gasteiger partial charge is 0.348 e. The highest BCUT2D eigenvalue weighted by atomic mass is 19.4. The van der Waals surface area contributed by atoms with E-state index in [4.69, 9.17) is 9.47 Å². The van der Waals surface area contributed by atoms with E-state index in [1.807, 2.05) is 0 Å². The molecule has 0 amide bonds. The standard InChI is InChI=1S/C16H18F4O3/c1-15(2,9-13(21)16(18,19)20)12-5-4-10(17)8-11(12)14-22-6-3-7-23-14/h4-5,8,14H,3,6-7,9H2,1-2H3. The van der Waals surface area contributed by atoms with Gasteiger partial charge in [-0.05, 0) is 29.5 Å². The molecule has 2 rings (SSSR count). The first-order valence-corrected chi connectivity index (χ1v) is 7.24. The lowest BCUT2D eigenvalue weighted by Crippen LogP contribution is -2.32. The van der Waals surface area contributed by atoms with Crippen LogP contribution in [0.2, 0.25) is 0 Å². The van der Waals surface area contributed by atoms with Gasteiger partial charge in [0, 0.05) is 12.0 Å². The summed E-state index contributed by atoms with van der Waals surface area (Å²) < 4.78 is 62.1. The van der Waals surface area contributed by atoms with Gasteiger partial charge in [0.25, 0.3) is 0 Å². The fraction of sp³-hybridized carbons (Fsp3) is 0.562. The Morgan fingerprint density at radius 3 is 2.39 bits per heavy atom. The molecule has 7 heteroatoms. The molecule has 0 N–H and O–H groups in total. The molecule has 3 nitrogen and oxygen atoms in total. The highest BCUT2D eigenvalue weighted by Crippen LogP contribution is 2.37. The number of hydrogen-bond acceptors (Lipinski definition) is 3. The van der Waals surface area contributed by atoms with Crippen LogP contribution in [0, 0.1) is 5.82 Å². The van der Waals surface area contributed by atoms with Gasteiger partial charge in [0.05, 0.1) is 13.2 Å². The van der Waals surface area contributed by atoms with Gasteiger partial charge < -0.3 is 9.47 Å². The van der Waals surface area contributed by atoms with E-state index >= 15 is 0 Å². The van der Waals surface area contributed by atoms with Crippen molar-refractivity contribution in [1.29, 1.82) is 0 Å². The third kappa shape index (κ3) is 4.29. The first-order chi connectivity index (χ1) is 10.6. The number of halogens is 4. The highest BCUT2D eigenvalue weighted by molar-refractivity contribution is 5.85. The molecule has 1 aromatic rings. The highest BCUT2D eigenvalue weighted by Gasteiger charge is 2.42. The third-order valence-electron chi connectivity index (χ3n) is 3.74. The van der Waals surface area contributed by atoms with Crippen molar-refractivity contribution in [3.8, 4) is 0 Å². The Morgan fingerprint density at radius 2 is 1.83 bits per heavy atom. The first-order valence-electron chi connectivity index (χ1n) is 7.24. The van der Waals surface area contributed by atoms with Crippen LogP contribution in [0.4, 0.5) is 17.6 Å². The Labute approximate surface area is 131 Å². The largest absolute Gasteiger partial charge is 0.450 e. The molecule has 0 spiro atoms. The van der Waals surface area contributed by atoms with Crippen molar-refractivity contribution >= 4 is 5.78 Å². The van der Waals surface area contributed by atoms with Gasteiger partial charge in [-0.25, -0.2) is 4.39 Å². The Morgan fingerprint density at radius 1 is 1.22 bits per heavy atom. The molecule has 128 valence electrons. The number of ether oxygens (including phenoxy) is 2. The average Bonchev–Trinajstić information content (AvgIpc) is 2.46. The zero-order valence-electron chi connectivity index (χ0n) is 12.9. The molecular weight excluding hydrogens is 316 g/mol. The summed E-state index contributed by atoms with van der Waals surface area (Å²) in [7, 11) is 0. The second-order valence-electron chi connectivity index (χ2n) is 6.14. The molecule has 1 aromatic carbocycles. The zero-order valence-corrected chi connectivity index (χ0v) is 12.9.